The van der Waals surface area contributed by atoms with Crippen LogP contribution in [-0.4, -0.2) is 90.6 Å². The molecule has 0 radical (unpaired) electrons. The van der Waals surface area contributed by atoms with Crippen molar-refractivity contribution in [3.05, 3.63) is 59.9 Å². The van der Waals surface area contributed by atoms with Gasteiger partial charge in [0, 0.05) is 26.1 Å². The third-order valence-electron chi connectivity index (χ3n) is 7.52. The van der Waals surface area contributed by atoms with Crippen LogP contribution in [0.3, 0.4) is 0 Å². The Morgan fingerprint density at radius 2 is 1.69 bits per heavy atom. The van der Waals surface area contributed by atoms with E-state index in [-0.39, 0.29) is 37.6 Å². The maximum absolute atomic E-state index is 13.4. The molecule has 2 saturated heterocycles. The van der Waals surface area contributed by atoms with Gasteiger partial charge in [0.15, 0.2) is 17.8 Å². The first-order chi connectivity index (χ1) is 20.3. The van der Waals surface area contributed by atoms with Gasteiger partial charge >= 0.3 is 0 Å². The van der Waals surface area contributed by atoms with E-state index in [0.29, 0.717) is 43.4 Å². The average Bonchev–Trinajstić information content (AvgIpc) is 3.45. The van der Waals surface area contributed by atoms with Gasteiger partial charge in [-0.25, -0.2) is 8.42 Å². The quantitative estimate of drug-likeness (QED) is 0.346. The lowest BCUT2D eigenvalue weighted by Gasteiger charge is -2.26. The van der Waals surface area contributed by atoms with Crippen molar-refractivity contribution in [3.8, 4) is 22.6 Å². The van der Waals surface area contributed by atoms with Gasteiger partial charge in [0.2, 0.25) is 15.9 Å². The highest BCUT2D eigenvalue weighted by atomic mass is 32.2. The molecule has 5 rings (SSSR count). The van der Waals surface area contributed by atoms with Crippen LogP contribution in [-0.2, 0) is 43.9 Å². The molecular formula is C29H37N5O7S. The predicted octanol–water partition coefficient (Wildman–Crippen LogP) is 2.68. The number of carbonyl (C=O) groups is 1. The number of aromatic nitrogens is 3. The summed E-state index contributed by atoms with van der Waals surface area (Å²) >= 11 is 0. The number of aryl methyl sites for hydroxylation is 1. The van der Waals surface area contributed by atoms with Gasteiger partial charge in [-0.1, -0.05) is 35.5 Å². The number of hydrogen-bond donors (Lipinski definition) is 0. The SMILES string of the molecule is COc1ccc(-c2ccc(CN3C(C)C(=O)N(Cc4cn(CCC5OCCCO5)nn4)CCS3(=O)=O)cc2)cc1OC. The molecule has 1 atom stereocenters. The molecule has 0 bridgehead atoms. The molecule has 226 valence electrons. The number of carbonyl (C=O) groups excluding carboxylic acids is 1. The molecule has 12 nitrogen and oxygen atoms in total. The summed E-state index contributed by atoms with van der Waals surface area (Å²) in [4.78, 5) is 15.0. The zero-order valence-corrected chi connectivity index (χ0v) is 25.0. The molecule has 3 aromatic rings. The summed E-state index contributed by atoms with van der Waals surface area (Å²) in [6.07, 6.45) is 3.06. The standard InChI is InChI=1S/C29H37N5O7S/c1-21-29(35)32(19-25-20-33(31-30-25)12-11-28-40-14-4-15-41-28)13-16-42(36,37)34(21)18-22-5-7-23(8-6-22)24-9-10-26(38-2)27(17-24)39-3/h5-10,17,20-21,28H,4,11-16,18-19H2,1-3H3. The molecule has 0 N–H and O–H groups in total. The van der Waals surface area contributed by atoms with Crippen LogP contribution in [0.1, 0.15) is 31.0 Å². The van der Waals surface area contributed by atoms with Crippen LogP contribution in [0.2, 0.25) is 0 Å². The smallest absolute Gasteiger partial charge is 0.241 e. The highest BCUT2D eigenvalue weighted by Crippen LogP contribution is 2.32. The second-order valence-corrected chi connectivity index (χ2v) is 12.4. The van der Waals surface area contributed by atoms with Crippen molar-refractivity contribution >= 4 is 15.9 Å². The van der Waals surface area contributed by atoms with Crippen molar-refractivity contribution in [1.29, 1.82) is 0 Å². The van der Waals surface area contributed by atoms with E-state index in [0.717, 1.165) is 23.1 Å². The molecule has 2 aliphatic rings. The van der Waals surface area contributed by atoms with E-state index in [9.17, 15) is 13.2 Å². The molecule has 2 fully saturated rings. The average molecular weight is 600 g/mol. The van der Waals surface area contributed by atoms with Crippen LogP contribution in [0.25, 0.3) is 11.1 Å². The largest absolute Gasteiger partial charge is 0.493 e. The van der Waals surface area contributed by atoms with Crippen LogP contribution < -0.4 is 9.47 Å². The molecule has 2 aromatic carbocycles. The fourth-order valence-electron chi connectivity index (χ4n) is 5.13. The zero-order chi connectivity index (χ0) is 29.7. The summed E-state index contributed by atoms with van der Waals surface area (Å²) < 4.78 is 51.4. The Kier molecular flexibility index (Phi) is 9.41. The minimum atomic E-state index is -3.69. The highest BCUT2D eigenvalue weighted by molar-refractivity contribution is 7.89. The topological polar surface area (TPSA) is 125 Å². The van der Waals surface area contributed by atoms with Gasteiger partial charge in [0.05, 0.1) is 45.9 Å². The Balaban J connectivity index is 1.23. The van der Waals surface area contributed by atoms with Crippen molar-refractivity contribution in [1.82, 2.24) is 24.2 Å². The van der Waals surface area contributed by atoms with E-state index in [1.165, 1.54) is 4.31 Å². The summed E-state index contributed by atoms with van der Waals surface area (Å²) in [6.45, 7) is 3.93. The van der Waals surface area contributed by atoms with E-state index >= 15 is 0 Å². The summed E-state index contributed by atoms with van der Waals surface area (Å²) in [5.41, 5.74) is 3.26. The fourth-order valence-corrected chi connectivity index (χ4v) is 6.73. The molecule has 0 aliphatic carbocycles. The molecule has 13 heteroatoms. The normalized spacial score (nSPS) is 19.9. The Morgan fingerprint density at radius 1 is 0.976 bits per heavy atom. The second-order valence-electron chi connectivity index (χ2n) is 10.4. The Hall–Kier alpha value is -3.52. The van der Waals surface area contributed by atoms with Gasteiger partial charge in [0.25, 0.3) is 0 Å². The van der Waals surface area contributed by atoms with E-state index < -0.39 is 16.1 Å². The van der Waals surface area contributed by atoms with Gasteiger partial charge in [-0.2, -0.15) is 4.31 Å². The molecule has 3 heterocycles. The number of rotatable bonds is 10. The summed E-state index contributed by atoms with van der Waals surface area (Å²) in [6, 6.07) is 12.4. The predicted molar refractivity (Wildman–Crippen MR) is 154 cm³/mol. The fraction of sp³-hybridized carbons (Fsp3) is 0.483. The highest BCUT2D eigenvalue weighted by Gasteiger charge is 2.38. The number of nitrogens with zero attached hydrogens (tertiary/aromatic N) is 5. The third kappa shape index (κ3) is 6.92. The molecule has 2 aliphatic heterocycles. The maximum atomic E-state index is 13.4. The third-order valence-corrected chi connectivity index (χ3v) is 9.37. The first-order valence-electron chi connectivity index (χ1n) is 14.0. The number of benzene rings is 2. The van der Waals surface area contributed by atoms with Gasteiger partial charge in [-0.05, 0) is 42.2 Å². The van der Waals surface area contributed by atoms with Gasteiger partial charge < -0.3 is 23.8 Å². The summed E-state index contributed by atoms with van der Waals surface area (Å²) in [7, 11) is -0.514. The summed E-state index contributed by atoms with van der Waals surface area (Å²) in [5, 5.41) is 8.36. The van der Waals surface area contributed by atoms with Crippen molar-refractivity contribution < 1.29 is 32.2 Å². The molecule has 42 heavy (non-hydrogen) atoms. The summed E-state index contributed by atoms with van der Waals surface area (Å²) in [5.74, 6) is 0.827. The molecule has 1 amide bonds. The number of methoxy groups -OCH3 is 2. The van der Waals surface area contributed by atoms with Gasteiger partial charge in [-0.3, -0.25) is 9.48 Å². The van der Waals surface area contributed by atoms with Crippen molar-refractivity contribution in [2.24, 2.45) is 0 Å². The minimum absolute atomic E-state index is 0.0802. The van der Waals surface area contributed by atoms with E-state index in [2.05, 4.69) is 10.3 Å². The minimum Gasteiger partial charge on any atom is -0.493 e. The lowest BCUT2D eigenvalue weighted by Crippen LogP contribution is -2.45. The van der Waals surface area contributed by atoms with E-state index in [1.807, 2.05) is 42.5 Å². The van der Waals surface area contributed by atoms with Crippen LogP contribution >= 0.6 is 0 Å². The Labute approximate surface area is 246 Å². The zero-order valence-electron chi connectivity index (χ0n) is 24.1. The molecule has 1 aromatic heterocycles. The molecule has 0 spiro atoms. The number of sulfonamides is 1. The van der Waals surface area contributed by atoms with Crippen LogP contribution in [0.5, 0.6) is 11.5 Å². The van der Waals surface area contributed by atoms with Gasteiger partial charge in [-0.15, -0.1) is 5.10 Å². The second kappa shape index (κ2) is 13.2. The van der Waals surface area contributed by atoms with Gasteiger partial charge in [0.1, 0.15) is 11.7 Å². The van der Waals surface area contributed by atoms with Crippen molar-refractivity contribution in [2.75, 3.05) is 39.7 Å². The van der Waals surface area contributed by atoms with Crippen LogP contribution in [0.15, 0.2) is 48.7 Å². The molecular weight excluding hydrogens is 562 g/mol. The first-order valence-corrected chi connectivity index (χ1v) is 15.6. The van der Waals surface area contributed by atoms with Crippen molar-refractivity contribution in [3.63, 3.8) is 0 Å². The van der Waals surface area contributed by atoms with E-state index in [4.69, 9.17) is 18.9 Å². The monoisotopic (exact) mass is 599 g/mol. The number of ether oxygens (including phenoxy) is 4. The van der Waals surface area contributed by atoms with Crippen LogP contribution in [0, 0.1) is 0 Å². The lowest BCUT2D eigenvalue weighted by atomic mass is 10.0. The lowest BCUT2D eigenvalue weighted by molar-refractivity contribution is -0.182. The van der Waals surface area contributed by atoms with E-state index in [1.54, 1.807) is 36.9 Å². The van der Waals surface area contributed by atoms with Crippen LogP contribution in [0.4, 0.5) is 0 Å². The Morgan fingerprint density at radius 3 is 2.40 bits per heavy atom. The Bertz CT molecular complexity index is 1470. The molecule has 1 unspecified atom stereocenters. The van der Waals surface area contributed by atoms with Crippen molar-refractivity contribution in [2.45, 2.75) is 51.7 Å². The number of amides is 1. The first kappa shape index (κ1) is 30.0. The maximum Gasteiger partial charge on any atom is 0.241 e. The number of hydrogen-bond acceptors (Lipinski definition) is 9. The molecule has 0 saturated carbocycles.